The number of nitrogens with one attached hydrogen (secondary N) is 2. The fourth-order valence-corrected chi connectivity index (χ4v) is 4.00. The number of nitrogens with zero attached hydrogens (tertiary/aromatic N) is 4. The normalized spacial score (nSPS) is 22.3. The number of carbonyl (C=O) groups excluding carboxylic acids is 1. The summed E-state index contributed by atoms with van der Waals surface area (Å²) in [7, 11) is 3.58. The molecule has 1 aliphatic rings. The number of rotatable bonds is 6. The summed E-state index contributed by atoms with van der Waals surface area (Å²) in [5.74, 6) is -0.144. The predicted molar refractivity (Wildman–Crippen MR) is 101 cm³/mol. The number of hydrogen-bond donors (Lipinski definition) is 2. The van der Waals surface area contributed by atoms with Crippen LogP contribution in [0.4, 0.5) is 5.13 Å². The third kappa shape index (κ3) is 4.67. The summed E-state index contributed by atoms with van der Waals surface area (Å²) < 4.78 is 7.44. The van der Waals surface area contributed by atoms with E-state index in [0.717, 1.165) is 30.9 Å². The molecule has 2 aromatic heterocycles. The summed E-state index contributed by atoms with van der Waals surface area (Å²) in [4.78, 5) is 19.5. The zero-order chi connectivity index (χ0) is 18.7. The molecule has 3 unspecified atom stereocenters. The molecule has 142 valence electrons. The molecule has 8 nitrogen and oxygen atoms in total. The van der Waals surface area contributed by atoms with Crippen molar-refractivity contribution in [3.8, 4) is 0 Å². The third-order valence-corrected chi connectivity index (χ3v) is 5.08. The Hall–Kier alpha value is -1.81. The van der Waals surface area contributed by atoms with Crippen LogP contribution in [0, 0.1) is 0 Å². The molecule has 1 aliphatic heterocycles. The highest BCUT2D eigenvalue weighted by atomic mass is 32.1. The van der Waals surface area contributed by atoms with Crippen LogP contribution in [-0.2, 0) is 23.1 Å². The van der Waals surface area contributed by atoms with Gasteiger partial charge in [0, 0.05) is 43.8 Å². The van der Waals surface area contributed by atoms with Crippen LogP contribution in [0.1, 0.15) is 31.1 Å². The Morgan fingerprint density at radius 3 is 2.77 bits per heavy atom. The van der Waals surface area contributed by atoms with E-state index in [9.17, 15) is 4.79 Å². The lowest BCUT2D eigenvalue weighted by atomic mass is 10.1. The number of anilines is 1. The first kappa shape index (κ1) is 19.0. The minimum Gasteiger partial charge on any atom is -0.373 e. The molecule has 0 bridgehead atoms. The molecule has 3 heterocycles. The standard InChI is InChI=1S/C17H26N6O2S/c1-11-6-23(7-12(2)25-11)9-14-10-26-17(20-14)21-16(24)15(18-3)13-5-19-22(4)8-13/h5,8,10-12,15,18H,6-7,9H2,1-4H3,(H,20,21,24). The maximum Gasteiger partial charge on any atom is 0.247 e. The van der Waals surface area contributed by atoms with E-state index in [1.807, 2.05) is 18.6 Å². The van der Waals surface area contributed by atoms with Crippen LogP contribution >= 0.6 is 11.3 Å². The van der Waals surface area contributed by atoms with Gasteiger partial charge in [-0.1, -0.05) is 0 Å². The highest BCUT2D eigenvalue weighted by molar-refractivity contribution is 7.13. The first-order valence-corrected chi connectivity index (χ1v) is 9.61. The quantitative estimate of drug-likeness (QED) is 0.790. The second kappa shape index (κ2) is 8.26. The van der Waals surface area contributed by atoms with Gasteiger partial charge in [-0.05, 0) is 20.9 Å². The van der Waals surface area contributed by atoms with Crippen molar-refractivity contribution in [1.29, 1.82) is 0 Å². The van der Waals surface area contributed by atoms with Gasteiger partial charge >= 0.3 is 0 Å². The summed E-state index contributed by atoms with van der Waals surface area (Å²) in [6, 6.07) is -0.461. The van der Waals surface area contributed by atoms with Crippen LogP contribution < -0.4 is 10.6 Å². The lowest BCUT2D eigenvalue weighted by molar-refractivity contribution is -0.118. The number of hydrogen-bond acceptors (Lipinski definition) is 7. The number of ether oxygens (including phenoxy) is 1. The number of aryl methyl sites for hydroxylation is 1. The summed E-state index contributed by atoms with van der Waals surface area (Å²) in [6.45, 7) is 6.73. The maximum atomic E-state index is 12.6. The van der Waals surface area contributed by atoms with E-state index >= 15 is 0 Å². The van der Waals surface area contributed by atoms with Crippen LogP contribution in [0.3, 0.4) is 0 Å². The molecule has 2 aromatic rings. The van der Waals surface area contributed by atoms with Crippen LogP contribution in [0.25, 0.3) is 0 Å². The van der Waals surface area contributed by atoms with E-state index in [0.29, 0.717) is 5.13 Å². The van der Waals surface area contributed by atoms with Crippen LogP contribution in [0.2, 0.25) is 0 Å². The molecule has 1 amide bonds. The number of morpholine rings is 1. The molecule has 9 heteroatoms. The summed E-state index contributed by atoms with van der Waals surface area (Å²) in [6.07, 6.45) is 3.98. The second-order valence-electron chi connectivity index (χ2n) is 6.75. The van der Waals surface area contributed by atoms with Crippen molar-refractivity contribution in [3.05, 3.63) is 29.0 Å². The molecule has 0 saturated carbocycles. The molecule has 1 saturated heterocycles. The number of aromatic nitrogens is 3. The molecule has 3 rings (SSSR count). The largest absolute Gasteiger partial charge is 0.373 e. The van der Waals surface area contributed by atoms with Gasteiger partial charge in [0.1, 0.15) is 6.04 Å². The smallest absolute Gasteiger partial charge is 0.247 e. The maximum absolute atomic E-state index is 12.6. The van der Waals surface area contributed by atoms with Gasteiger partial charge < -0.3 is 15.4 Å². The summed E-state index contributed by atoms with van der Waals surface area (Å²) >= 11 is 1.45. The van der Waals surface area contributed by atoms with Crippen molar-refractivity contribution in [2.45, 2.75) is 38.6 Å². The van der Waals surface area contributed by atoms with Gasteiger partial charge in [-0.15, -0.1) is 11.3 Å². The van der Waals surface area contributed by atoms with Crippen LogP contribution in [0.5, 0.6) is 0 Å². The Morgan fingerprint density at radius 2 is 2.15 bits per heavy atom. The van der Waals surface area contributed by atoms with Crippen molar-refractivity contribution in [2.75, 3.05) is 25.5 Å². The Morgan fingerprint density at radius 1 is 1.42 bits per heavy atom. The Labute approximate surface area is 157 Å². The highest BCUT2D eigenvalue weighted by Crippen LogP contribution is 2.21. The SMILES string of the molecule is CNC(C(=O)Nc1nc(CN2CC(C)OC(C)C2)cs1)c1cnn(C)c1. The van der Waals surface area contributed by atoms with E-state index in [-0.39, 0.29) is 18.1 Å². The van der Waals surface area contributed by atoms with E-state index in [4.69, 9.17) is 4.74 Å². The topological polar surface area (TPSA) is 84.3 Å². The Bertz CT molecular complexity index is 735. The molecule has 1 fully saturated rings. The van der Waals surface area contributed by atoms with Crippen molar-refractivity contribution >= 4 is 22.4 Å². The Balaban J connectivity index is 1.60. The first-order valence-electron chi connectivity index (χ1n) is 8.73. The van der Waals surface area contributed by atoms with Crippen molar-refractivity contribution in [1.82, 2.24) is 25.0 Å². The van der Waals surface area contributed by atoms with E-state index < -0.39 is 6.04 Å². The zero-order valence-electron chi connectivity index (χ0n) is 15.6. The van der Waals surface area contributed by atoms with Crippen LogP contribution in [0.15, 0.2) is 17.8 Å². The van der Waals surface area contributed by atoms with Gasteiger partial charge in [0.25, 0.3) is 0 Å². The average molecular weight is 379 g/mol. The monoisotopic (exact) mass is 378 g/mol. The first-order chi connectivity index (χ1) is 12.4. The van der Waals surface area contributed by atoms with Gasteiger partial charge in [0.2, 0.25) is 5.91 Å². The van der Waals surface area contributed by atoms with E-state index in [1.165, 1.54) is 11.3 Å². The van der Waals surface area contributed by atoms with Crippen molar-refractivity contribution < 1.29 is 9.53 Å². The molecule has 3 atom stereocenters. The lowest BCUT2D eigenvalue weighted by Gasteiger charge is -2.34. The minimum atomic E-state index is -0.461. The molecular weight excluding hydrogens is 352 g/mol. The molecule has 0 aliphatic carbocycles. The van der Waals surface area contributed by atoms with E-state index in [1.54, 1.807) is 17.9 Å². The summed E-state index contributed by atoms with van der Waals surface area (Å²) in [5.41, 5.74) is 1.79. The van der Waals surface area contributed by atoms with Gasteiger partial charge in [0.05, 0.1) is 24.1 Å². The average Bonchev–Trinajstić information content (AvgIpc) is 3.16. The third-order valence-electron chi connectivity index (χ3n) is 4.27. The number of carbonyl (C=O) groups is 1. The van der Waals surface area contributed by atoms with Gasteiger partial charge in [0.15, 0.2) is 5.13 Å². The van der Waals surface area contributed by atoms with Gasteiger partial charge in [-0.25, -0.2) is 4.98 Å². The lowest BCUT2D eigenvalue weighted by Crippen LogP contribution is -2.44. The highest BCUT2D eigenvalue weighted by Gasteiger charge is 2.24. The van der Waals surface area contributed by atoms with Gasteiger partial charge in [-0.2, -0.15) is 5.10 Å². The Kier molecular flexibility index (Phi) is 6.02. The predicted octanol–water partition coefficient (Wildman–Crippen LogP) is 1.39. The zero-order valence-corrected chi connectivity index (χ0v) is 16.4. The fraction of sp³-hybridized carbons (Fsp3) is 0.588. The number of likely N-dealkylation sites (N-methyl/N-ethyl adjacent to an activating group) is 1. The number of amides is 1. The molecule has 0 spiro atoms. The second-order valence-corrected chi connectivity index (χ2v) is 7.61. The fourth-order valence-electron chi connectivity index (χ4n) is 3.30. The van der Waals surface area contributed by atoms with Crippen molar-refractivity contribution in [2.24, 2.45) is 7.05 Å². The summed E-state index contributed by atoms with van der Waals surface area (Å²) in [5, 5.41) is 12.7. The van der Waals surface area contributed by atoms with E-state index in [2.05, 4.69) is 39.5 Å². The molecule has 0 radical (unpaired) electrons. The molecule has 26 heavy (non-hydrogen) atoms. The number of thiazole rings is 1. The molecule has 0 aromatic carbocycles. The van der Waals surface area contributed by atoms with Gasteiger partial charge in [-0.3, -0.25) is 14.4 Å². The van der Waals surface area contributed by atoms with Crippen LogP contribution in [-0.4, -0.2) is 57.9 Å². The molecular formula is C17H26N6O2S. The van der Waals surface area contributed by atoms with Crippen molar-refractivity contribution in [3.63, 3.8) is 0 Å². The minimum absolute atomic E-state index is 0.144. The molecule has 2 N–H and O–H groups in total.